The fourth-order valence-corrected chi connectivity index (χ4v) is 3.50. The van der Waals surface area contributed by atoms with Crippen molar-refractivity contribution in [2.24, 2.45) is 0 Å². The number of hydrogen-bond donors (Lipinski definition) is 0. The van der Waals surface area contributed by atoms with Gasteiger partial charge in [-0.05, 0) is 65.8 Å². The molecular formula is C20H19NO3. The maximum atomic E-state index is 11.9. The molecule has 0 N–H and O–H groups in total. The molecule has 0 atom stereocenters. The Labute approximate surface area is 141 Å². The van der Waals surface area contributed by atoms with Gasteiger partial charge < -0.3 is 9.47 Å². The van der Waals surface area contributed by atoms with Crippen molar-refractivity contribution in [3.8, 4) is 5.75 Å². The highest BCUT2D eigenvalue weighted by atomic mass is 16.5. The van der Waals surface area contributed by atoms with E-state index in [1.165, 1.54) is 31.1 Å². The molecule has 2 aliphatic rings. The van der Waals surface area contributed by atoms with Crippen LogP contribution in [0, 0.1) is 0 Å². The van der Waals surface area contributed by atoms with Gasteiger partial charge in [-0.2, -0.15) is 0 Å². The van der Waals surface area contributed by atoms with Gasteiger partial charge in [-0.15, -0.1) is 0 Å². The van der Waals surface area contributed by atoms with Crippen LogP contribution in [-0.2, 0) is 24.0 Å². The number of aryl methyl sites for hydroxylation is 2. The summed E-state index contributed by atoms with van der Waals surface area (Å²) in [5.74, 6) is 0.594. The number of ether oxygens (including phenoxy) is 2. The van der Waals surface area contributed by atoms with Crippen LogP contribution < -0.4 is 4.74 Å². The molecule has 0 fully saturated rings. The lowest BCUT2D eigenvalue weighted by Gasteiger charge is -2.09. The number of fused-ring (bicyclic) bond motifs is 2. The molecule has 0 amide bonds. The fraction of sp³-hybridized carbons (Fsp3) is 0.300. The minimum Gasteiger partial charge on any atom is -0.489 e. The summed E-state index contributed by atoms with van der Waals surface area (Å²) in [7, 11) is 1.40. The van der Waals surface area contributed by atoms with Crippen molar-refractivity contribution in [1.82, 2.24) is 4.98 Å². The zero-order valence-electron chi connectivity index (χ0n) is 13.7. The van der Waals surface area contributed by atoms with Crippen LogP contribution in [-0.4, -0.2) is 24.7 Å². The third-order valence-corrected chi connectivity index (χ3v) is 4.73. The number of hydrogen-bond acceptors (Lipinski definition) is 4. The molecule has 0 aliphatic heterocycles. The van der Waals surface area contributed by atoms with Crippen LogP contribution in [0.5, 0.6) is 5.75 Å². The predicted molar refractivity (Wildman–Crippen MR) is 91.2 cm³/mol. The van der Waals surface area contributed by atoms with E-state index in [1.54, 1.807) is 12.3 Å². The maximum absolute atomic E-state index is 11.9. The molecule has 0 spiro atoms. The highest BCUT2D eigenvalue weighted by molar-refractivity contribution is 5.92. The number of carbonyl (C=O) groups is 1. The second kappa shape index (κ2) is 6.11. The van der Waals surface area contributed by atoms with Crippen LogP contribution >= 0.6 is 0 Å². The van der Waals surface area contributed by atoms with Gasteiger partial charge in [0.05, 0.1) is 18.4 Å². The summed E-state index contributed by atoms with van der Waals surface area (Å²) in [4.78, 5) is 16.2. The van der Waals surface area contributed by atoms with E-state index >= 15 is 0 Å². The standard InChI is InChI=1S/C20H19NO3/c1-23-20(22)17-7-8-21-19-10-13(9-18(17)19)12-24-16-6-5-14-3-2-4-15(14)11-16/h5-8,10-11H,2-4,9,12H2,1H3. The molecule has 4 heteroatoms. The largest absolute Gasteiger partial charge is 0.489 e. The number of pyridine rings is 1. The van der Waals surface area contributed by atoms with Crippen LogP contribution in [0.25, 0.3) is 6.08 Å². The van der Waals surface area contributed by atoms with E-state index in [-0.39, 0.29) is 5.97 Å². The molecule has 122 valence electrons. The monoisotopic (exact) mass is 321 g/mol. The number of rotatable bonds is 4. The second-order valence-corrected chi connectivity index (χ2v) is 6.27. The van der Waals surface area contributed by atoms with Crippen LogP contribution in [0.1, 0.15) is 39.2 Å². The van der Waals surface area contributed by atoms with Gasteiger partial charge in [0.2, 0.25) is 0 Å². The van der Waals surface area contributed by atoms with Crippen molar-refractivity contribution in [3.05, 3.63) is 64.0 Å². The number of nitrogens with zero attached hydrogens (tertiary/aromatic N) is 1. The van der Waals surface area contributed by atoms with Crippen molar-refractivity contribution in [3.63, 3.8) is 0 Å². The van der Waals surface area contributed by atoms with E-state index in [0.717, 1.165) is 29.0 Å². The van der Waals surface area contributed by atoms with Gasteiger partial charge in [0.25, 0.3) is 0 Å². The Hall–Kier alpha value is -2.62. The van der Waals surface area contributed by atoms with Crippen molar-refractivity contribution >= 4 is 12.0 Å². The van der Waals surface area contributed by atoms with Crippen molar-refractivity contribution < 1.29 is 14.3 Å². The highest BCUT2D eigenvalue weighted by Gasteiger charge is 2.22. The molecule has 24 heavy (non-hydrogen) atoms. The predicted octanol–water partition coefficient (Wildman–Crippen LogP) is 3.38. The zero-order chi connectivity index (χ0) is 16.5. The van der Waals surface area contributed by atoms with Gasteiger partial charge in [-0.3, -0.25) is 4.98 Å². The second-order valence-electron chi connectivity index (χ2n) is 6.27. The summed E-state index contributed by atoms with van der Waals surface area (Å²) in [6.45, 7) is 0.510. The van der Waals surface area contributed by atoms with Gasteiger partial charge in [0.1, 0.15) is 12.4 Å². The molecule has 0 saturated carbocycles. The first-order chi connectivity index (χ1) is 11.7. The van der Waals surface area contributed by atoms with Crippen LogP contribution in [0.4, 0.5) is 0 Å². The van der Waals surface area contributed by atoms with E-state index in [4.69, 9.17) is 9.47 Å². The van der Waals surface area contributed by atoms with Gasteiger partial charge in [0, 0.05) is 12.6 Å². The molecule has 1 heterocycles. The molecule has 2 aromatic rings. The number of esters is 1. The van der Waals surface area contributed by atoms with Crippen molar-refractivity contribution in [1.29, 1.82) is 0 Å². The summed E-state index contributed by atoms with van der Waals surface area (Å²) in [6.07, 6.45) is 7.89. The minimum atomic E-state index is -0.317. The lowest BCUT2D eigenvalue weighted by atomic mass is 10.1. The minimum absolute atomic E-state index is 0.317. The third-order valence-electron chi connectivity index (χ3n) is 4.73. The van der Waals surface area contributed by atoms with E-state index in [1.807, 2.05) is 12.1 Å². The Balaban J connectivity index is 1.46. The SMILES string of the molecule is COC(=O)c1ccnc2c1CC(COc1ccc3c(c1)CCC3)=C2. The molecule has 1 aromatic carbocycles. The van der Waals surface area contributed by atoms with E-state index in [0.29, 0.717) is 18.6 Å². The zero-order valence-corrected chi connectivity index (χ0v) is 13.7. The van der Waals surface area contributed by atoms with E-state index < -0.39 is 0 Å². The average molecular weight is 321 g/mol. The number of benzene rings is 1. The Kier molecular flexibility index (Phi) is 3.81. The van der Waals surface area contributed by atoms with Crippen LogP contribution in [0.15, 0.2) is 36.0 Å². The summed E-state index contributed by atoms with van der Waals surface area (Å²) in [5.41, 5.74) is 6.33. The third kappa shape index (κ3) is 2.68. The first-order valence-electron chi connectivity index (χ1n) is 8.25. The first-order valence-corrected chi connectivity index (χ1v) is 8.25. The van der Waals surface area contributed by atoms with Gasteiger partial charge >= 0.3 is 5.97 Å². The van der Waals surface area contributed by atoms with Crippen LogP contribution in [0.3, 0.4) is 0 Å². The smallest absolute Gasteiger partial charge is 0.338 e. The summed E-state index contributed by atoms with van der Waals surface area (Å²) in [5, 5.41) is 0. The molecule has 1 aromatic heterocycles. The molecule has 0 unspecified atom stereocenters. The lowest BCUT2D eigenvalue weighted by Crippen LogP contribution is -2.08. The van der Waals surface area contributed by atoms with Gasteiger partial charge in [0.15, 0.2) is 0 Å². The molecule has 0 radical (unpaired) electrons. The highest BCUT2D eigenvalue weighted by Crippen LogP contribution is 2.29. The topological polar surface area (TPSA) is 48.4 Å². The normalized spacial score (nSPS) is 14.8. The molecule has 4 rings (SSSR count). The molecule has 0 saturated heterocycles. The lowest BCUT2D eigenvalue weighted by molar-refractivity contribution is 0.0599. The molecule has 2 aliphatic carbocycles. The molecule has 0 bridgehead atoms. The number of aromatic nitrogens is 1. The average Bonchev–Trinajstić information content (AvgIpc) is 3.24. The van der Waals surface area contributed by atoms with Crippen LogP contribution in [0.2, 0.25) is 0 Å². The quantitative estimate of drug-likeness (QED) is 0.810. The van der Waals surface area contributed by atoms with Crippen molar-refractivity contribution in [2.75, 3.05) is 13.7 Å². The number of methoxy groups -OCH3 is 1. The van der Waals surface area contributed by atoms with Gasteiger partial charge in [-0.1, -0.05) is 6.07 Å². The Bertz CT molecular complexity index is 839. The summed E-state index contributed by atoms with van der Waals surface area (Å²) >= 11 is 0. The Morgan fingerprint density at radius 2 is 2.08 bits per heavy atom. The Morgan fingerprint density at radius 1 is 1.21 bits per heavy atom. The summed E-state index contributed by atoms with van der Waals surface area (Å²) < 4.78 is 10.8. The van der Waals surface area contributed by atoms with Gasteiger partial charge in [-0.25, -0.2) is 4.79 Å². The maximum Gasteiger partial charge on any atom is 0.338 e. The summed E-state index contributed by atoms with van der Waals surface area (Å²) in [6, 6.07) is 8.09. The fourth-order valence-electron chi connectivity index (χ4n) is 3.50. The Morgan fingerprint density at radius 3 is 2.96 bits per heavy atom. The number of carbonyl (C=O) groups excluding carboxylic acids is 1. The van der Waals surface area contributed by atoms with Crippen molar-refractivity contribution in [2.45, 2.75) is 25.7 Å². The molecule has 4 nitrogen and oxygen atoms in total. The van der Waals surface area contributed by atoms with E-state index in [2.05, 4.69) is 17.1 Å². The van der Waals surface area contributed by atoms with E-state index in [9.17, 15) is 4.79 Å². The first kappa shape index (κ1) is 14.9. The molecular weight excluding hydrogens is 302 g/mol.